The number of amides is 1. The summed E-state index contributed by atoms with van der Waals surface area (Å²) < 4.78 is 0. The van der Waals surface area contributed by atoms with E-state index in [1.807, 2.05) is 0 Å². The third-order valence-corrected chi connectivity index (χ3v) is 2.64. The number of aliphatic carboxylic acids is 1. The molecule has 0 bridgehead atoms. The van der Waals surface area contributed by atoms with E-state index >= 15 is 0 Å². The van der Waals surface area contributed by atoms with Crippen LogP contribution in [0.15, 0.2) is 18.2 Å². The summed E-state index contributed by atoms with van der Waals surface area (Å²) in [5.74, 6) is -1.56. The fraction of sp³-hybridized carbons (Fsp3) is 0.333. The van der Waals surface area contributed by atoms with E-state index in [9.17, 15) is 19.7 Å². The number of nitrogens with zero attached hydrogens (tertiary/aromatic N) is 2. The summed E-state index contributed by atoms with van der Waals surface area (Å²) in [7, 11) is 0. The number of carboxylic acid groups (broad SMARTS) is 1. The van der Waals surface area contributed by atoms with Crippen LogP contribution in [-0.2, 0) is 4.79 Å². The molecule has 19 heavy (non-hydrogen) atoms. The van der Waals surface area contributed by atoms with Gasteiger partial charge in [0.15, 0.2) is 0 Å². The first-order chi connectivity index (χ1) is 8.86. The van der Waals surface area contributed by atoms with Crippen LogP contribution in [0.1, 0.15) is 22.8 Å². The topological polar surface area (TPSA) is 101 Å². The van der Waals surface area contributed by atoms with E-state index in [1.54, 1.807) is 6.92 Å². The highest BCUT2D eigenvalue weighted by Crippen LogP contribution is 2.19. The van der Waals surface area contributed by atoms with Crippen LogP contribution in [-0.4, -0.2) is 39.9 Å². The van der Waals surface area contributed by atoms with Gasteiger partial charge in [-0.3, -0.25) is 19.7 Å². The molecule has 0 saturated heterocycles. The zero-order valence-electron chi connectivity index (χ0n) is 10.6. The zero-order chi connectivity index (χ0) is 14.6. The van der Waals surface area contributed by atoms with Crippen molar-refractivity contribution in [2.75, 3.05) is 13.1 Å². The average molecular weight is 266 g/mol. The Kier molecular flexibility index (Phi) is 4.57. The Morgan fingerprint density at radius 1 is 1.42 bits per heavy atom. The van der Waals surface area contributed by atoms with Crippen LogP contribution >= 0.6 is 0 Å². The number of nitro groups is 1. The lowest BCUT2D eigenvalue weighted by Gasteiger charge is -2.18. The van der Waals surface area contributed by atoms with Gasteiger partial charge < -0.3 is 10.0 Å². The highest BCUT2D eigenvalue weighted by atomic mass is 16.6. The molecule has 0 radical (unpaired) electrons. The molecule has 0 saturated carbocycles. The third-order valence-electron chi connectivity index (χ3n) is 2.64. The van der Waals surface area contributed by atoms with Crippen LogP contribution in [0, 0.1) is 17.0 Å². The normalized spacial score (nSPS) is 10.0. The van der Waals surface area contributed by atoms with E-state index in [1.165, 1.54) is 25.1 Å². The molecule has 0 aliphatic carbocycles. The number of carbonyl (C=O) groups excluding carboxylic acids is 1. The van der Waals surface area contributed by atoms with Crippen molar-refractivity contribution in [1.82, 2.24) is 4.90 Å². The lowest BCUT2D eigenvalue weighted by Crippen LogP contribution is -2.35. The van der Waals surface area contributed by atoms with Crippen molar-refractivity contribution in [3.63, 3.8) is 0 Å². The molecule has 7 heteroatoms. The Bertz CT molecular complexity index is 527. The fourth-order valence-corrected chi connectivity index (χ4v) is 1.67. The molecular formula is C12H14N2O5. The van der Waals surface area contributed by atoms with Crippen molar-refractivity contribution in [1.29, 1.82) is 0 Å². The first-order valence-electron chi connectivity index (χ1n) is 5.63. The molecule has 0 aliphatic rings. The number of hydrogen-bond donors (Lipinski definition) is 1. The SMILES string of the molecule is CCN(CC(=O)O)C(=O)c1ccc([N+](=O)[O-])c(C)c1. The van der Waals surface area contributed by atoms with Crippen LogP contribution < -0.4 is 0 Å². The van der Waals surface area contributed by atoms with Gasteiger partial charge in [0.1, 0.15) is 6.54 Å². The van der Waals surface area contributed by atoms with Crippen LogP contribution in [0.5, 0.6) is 0 Å². The van der Waals surface area contributed by atoms with Gasteiger partial charge in [-0.1, -0.05) is 0 Å². The second-order valence-electron chi connectivity index (χ2n) is 3.97. The molecular weight excluding hydrogens is 252 g/mol. The van der Waals surface area contributed by atoms with E-state index in [0.717, 1.165) is 4.90 Å². The summed E-state index contributed by atoms with van der Waals surface area (Å²) in [5, 5.41) is 19.4. The Balaban J connectivity index is 3.02. The average Bonchev–Trinajstić information content (AvgIpc) is 2.34. The van der Waals surface area contributed by atoms with Crippen molar-refractivity contribution in [2.45, 2.75) is 13.8 Å². The quantitative estimate of drug-likeness (QED) is 0.642. The Morgan fingerprint density at radius 2 is 2.05 bits per heavy atom. The number of carboxylic acids is 1. The van der Waals surface area contributed by atoms with Gasteiger partial charge in [-0.25, -0.2) is 0 Å². The van der Waals surface area contributed by atoms with Gasteiger partial charge in [0.25, 0.3) is 11.6 Å². The summed E-state index contributed by atoms with van der Waals surface area (Å²) in [6.07, 6.45) is 0. The minimum atomic E-state index is -1.10. The van der Waals surface area contributed by atoms with Gasteiger partial charge in [-0.05, 0) is 26.0 Å². The molecule has 1 rings (SSSR count). The highest BCUT2D eigenvalue weighted by Gasteiger charge is 2.19. The first-order valence-corrected chi connectivity index (χ1v) is 5.63. The van der Waals surface area contributed by atoms with Crippen molar-refractivity contribution in [3.05, 3.63) is 39.4 Å². The van der Waals surface area contributed by atoms with E-state index in [-0.39, 0.29) is 17.8 Å². The molecule has 0 heterocycles. The molecule has 1 aromatic rings. The summed E-state index contributed by atoms with van der Waals surface area (Å²) in [6.45, 7) is 3.05. The zero-order valence-corrected chi connectivity index (χ0v) is 10.6. The lowest BCUT2D eigenvalue weighted by molar-refractivity contribution is -0.385. The van der Waals surface area contributed by atoms with Crippen LogP contribution in [0.4, 0.5) is 5.69 Å². The van der Waals surface area contributed by atoms with Gasteiger partial charge in [0.05, 0.1) is 4.92 Å². The van der Waals surface area contributed by atoms with Gasteiger partial charge >= 0.3 is 5.97 Å². The minimum absolute atomic E-state index is 0.0715. The lowest BCUT2D eigenvalue weighted by atomic mass is 10.1. The standard InChI is InChI=1S/C12H14N2O5/c1-3-13(7-11(15)16)12(17)9-4-5-10(14(18)19)8(2)6-9/h4-6H,3,7H2,1-2H3,(H,15,16). The van der Waals surface area contributed by atoms with E-state index in [4.69, 9.17) is 5.11 Å². The fourth-order valence-electron chi connectivity index (χ4n) is 1.67. The van der Waals surface area contributed by atoms with Gasteiger partial charge in [-0.2, -0.15) is 0 Å². The Hall–Kier alpha value is -2.44. The molecule has 102 valence electrons. The first kappa shape index (κ1) is 14.6. The number of likely N-dealkylation sites (N-methyl/N-ethyl adjacent to an activating group) is 1. The van der Waals surface area contributed by atoms with Gasteiger partial charge in [-0.15, -0.1) is 0 Å². The number of benzene rings is 1. The summed E-state index contributed by atoms with van der Waals surface area (Å²) in [6, 6.07) is 3.97. The molecule has 0 atom stereocenters. The van der Waals surface area contributed by atoms with Crippen molar-refractivity contribution >= 4 is 17.6 Å². The Morgan fingerprint density at radius 3 is 2.47 bits per heavy atom. The minimum Gasteiger partial charge on any atom is -0.480 e. The number of rotatable bonds is 5. The maximum atomic E-state index is 12.0. The molecule has 1 aromatic carbocycles. The maximum Gasteiger partial charge on any atom is 0.323 e. The molecule has 0 unspecified atom stereocenters. The molecule has 0 fully saturated rings. The number of carbonyl (C=O) groups is 2. The summed E-state index contributed by atoms with van der Waals surface area (Å²) >= 11 is 0. The number of nitro benzene ring substituents is 1. The predicted molar refractivity (Wildman–Crippen MR) is 67.0 cm³/mol. The van der Waals surface area contributed by atoms with Crippen LogP contribution in [0.25, 0.3) is 0 Å². The maximum absolute atomic E-state index is 12.0. The Labute approximate surface area is 109 Å². The number of hydrogen-bond acceptors (Lipinski definition) is 4. The van der Waals surface area contributed by atoms with E-state index in [0.29, 0.717) is 5.56 Å². The van der Waals surface area contributed by atoms with Crippen molar-refractivity contribution < 1.29 is 19.6 Å². The second kappa shape index (κ2) is 5.94. The third kappa shape index (κ3) is 3.51. The largest absolute Gasteiger partial charge is 0.480 e. The van der Waals surface area contributed by atoms with E-state index < -0.39 is 23.3 Å². The monoisotopic (exact) mass is 266 g/mol. The van der Waals surface area contributed by atoms with Gasteiger partial charge in [0.2, 0.25) is 0 Å². The van der Waals surface area contributed by atoms with Crippen molar-refractivity contribution in [2.24, 2.45) is 0 Å². The molecule has 1 N–H and O–H groups in total. The molecule has 7 nitrogen and oxygen atoms in total. The summed E-state index contributed by atoms with van der Waals surface area (Å²) in [5.41, 5.74) is 0.534. The van der Waals surface area contributed by atoms with Gasteiger partial charge in [0, 0.05) is 23.7 Å². The molecule has 0 spiro atoms. The van der Waals surface area contributed by atoms with Crippen LogP contribution in [0.2, 0.25) is 0 Å². The molecule has 0 aliphatic heterocycles. The smallest absolute Gasteiger partial charge is 0.323 e. The highest BCUT2D eigenvalue weighted by molar-refractivity contribution is 5.96. The van der Waals surface area contributed by atoms with Crippen LogP contribution in [0.3, 0.4) is 0 Å². The molecule has 0 aromatic heterocycles. The predicted octanol–water partition coefficient (Wildman–Crippen LogP) is 1.45. The molecule has 1 amide bonds. The van der Waals surface area contributed by atoms with E-state index in [2.05, 4.69) is 0 Å². The number of aryl methyl sites for hydroxylation is 1. The second-order valence-corrected chi connectivity index (χ2v) is 3.97. The summed E-state index contributed by atoms with van der Waals surface area (Å²) in [4.78, 5) is 34.0. The van der Waals surface area contributed by atoms with Crippen molar-refractivity contribution in [3.8, 4) is 0 Å².